The van der Waals surface area contributed by atoms with Crippen molar-refractivity contribution in [1.82, 2.24) is 10.2 Å². The van der Waals surface area contributed by atoms with Gasteiger partial charge in [-0.05, 0) is 22.9 Å². The van der Waals surface area contributed by atoms with Gasteiger partial charge < -0.3 is 0 Å². The van der Waals surface area contributed by atoms with Crippen molar-refractivity contribution in [2.75, 3.05) is 0 Å². The van der Waals surface area contributed by atoms with Crippen LogP contribution in [0.5, 0.6) is 0 Å². The number of nitrogens with one attached hydrogen (secondary N) is 2. The Kier molecular flexibility index (Phi) is 2.28. The van der Waals surface area contributed by atoms with Gasteiger partial charge in [-0.15, -0.1) is 0 Å². The van der Waals surface area contributed by atoms with Crippen molar-refractivity contribution < 1.29 is 4.79 Å². The predicted octanol–water partition coefficient (Wildman–Crippen LogP) is 0.597. The van der Waals surface area contributed by atoms with E-state index in [4.69, 9.17) is 0 Å². The zero-order valence-electron chi connectivity index (χ0n) is 5.90. The summed E-state index contributed by atoms with van der Waals surface area (Å²) in [5.74, 6) is -0.0317. The summed E-state index contributed by atoms with van der Waals surface area (Å²) in [7, 11) is 0. The number of H-pyrrole nitrogens is 2. The Morgan fingerprint density at radius 2 is 2.18 bits per heavy atom. The SMILES string of the molecule is CC(=O)Cc1c(Br)[nH][nH]c1=O. The number of hydrogen-bond acceptors (Lipinski definition) is 2. The summed E-state index contributed by atoms with van der Waals surface area (Å²) in [6, 6.07) is 0. The topological polar surface area (TPSA) is 65.7 Å². The van der Waals surface area contributed by atoms with E-state index < -0.39 is 0 Å². The van der Waals surface area contributed by atoms with Crippen LogP contribution < -0.4 is 5.56 Å². The van der Waals surface area contributed by atoms with Gasteiger partial charge in [-0.3, -0.25) is 19.8 Å². The van der Waals surface area contributed by atoms with Crippen molar-refractivity contribution in [3.63, 3.8) is 0 Å². The van der Waals surface area contributed by atoms with Crippen molar-refractivity contribution in [3.8, 4) is 0 Å². The number of carbonyl (C=O) groups is 1. The highest BCUT2D eigenvalue weighted by atomic mass is 79.9. The fourth-order valence-corrected chi connectivity index (χ4v) is 1.19. The number of carbonyl (C=O) groups excluding carboxylic acids is 1. The summed E-state index contributed by atoms with van der Waals surface area (Å²) >= 11 is 3.11. The summed E-state index contributed by atoms with van der Waals surface area (Å²) in [6.45, 7) is 1.44. The van der Waals surface area contributed by atoms with E-state index in [0.717, 1.165) is 0 Å². The van der Waals surface area contributed by atoms with E-state index in [1.165, 1.54) is 6.92 Å². The average molecular weight is 219 g/mol. The number of halogens is 1. The van der Waals surface area contributed by atoms with E-state index in [1.54, 1.807) is 0 Å². The zero-order chi connectivity index (χ0) is 8.43. The molecule has 4 nitrogen and oxygen atoms in total. The van der Waals surface area contributed by atoms with Gasteiger partial charge in [-0.2, -0.15) is 0 Å². The molecule has 0 aliphatic heterocycles. The lowest BCUT2D eigenvalue weighted by Crippen LogP contribution is -2.09. The van der Waals surface area contributed by atoms with Gasteiger partial charge in [-0.25, -0.2) is 0 Å². The smallest absolute Gasteiger partial charge is 0.268 e. The molecule has 11 heavy (non-hydrogen) atoms. The number of hydrogen-bond donors (Lipinski definition) is 2. The molecule has 0 aliphatic rings. The summed E-state index contributed by atoms with van der Waals surface area (Å²) < 4.78 is 0.553. The molecule has 0 saturated carbocycles. The van der Waals surface area contributed by atoms with Gasteiger partial charge >= 0.3 is 0 Å². The molecule has 1 aromatic rings. The second-order valence-corrected chi connectivity index (χ2v) is 3.04. The summed E-state index contributed by atoms with van der Waals surface area (Å²) in [4.78, 5) is 21.5. The van der Waals surface area contributed by atoms with Crippen LogP contribution in [-0.2, 0) is 11.2 Å². The van der Waals surface area contributed by atoms with Crippen LogP contribution in [0.2, 0.25) is 0 Å². The first-order valence-corrected chi connectivity index (χ1v) is 3.85. The maximum absolute atomic E-state index is 10.9. The number of Topliss-reactive ketones (excluding diaryl/α,β-unsaturated/α-hetero) is 1. The lowest BCUT2D eigenvalue weighted by Gasteiger charge is -1.88. The van der Waals surface area contributed by atoms with E-state index >= 15 is 0 Å². The van der Waals surface area contributed by atoms with Gasteiger partial charge in [0.2, 0.25) is 0 Å². The van der Waals surface area contributed by atoms with Crippen LogP contribution in [-0.4, -0.2) is 16.0 Å². The van der Waals surface area contributed by atoms with Crippen LogP contribution in [0.25, 0.3) is 0 Å². The van der Waals surface area contributed by atoms with E-state index in [-0.39, 0.29) is 17.8 Å². The lowest BCUT2D eigenvalue weighted by atomic mass is 10.2. The van der Waals surface area contributed by atoms with E-state index in [9.17, 15) is 9.59 Å². The minimum absolute atomic E-state index is 0.0317. The molecule has 0 radical (unpaired) electrons. The van der Waals surface area contributed by atoms with Crippen LogP contribution in [0.1, 0.15) is 12.5 Å². The molecule has 1 aromatic heterocycles. The lowest BCUT2D eigenvalue weighted by molar-refractivity contribution is -0.116. The molecular formula is C6H7BrN2O2. The van der Waals surface area contributed by atoms with Crippen LogP contribution in [0.4, 0.5) is 0 Å². The molecule has 2 N–H and O–H groups in total. The van der Waals surface area contributed by atoms with Crippen molar-refractivity contribution in [2.45, 2.75) is 13.3 Å². The van der Waals surface area contributed by atoms with Crippen LogP contribution >= 0.6 is 15.9 Å². The van der Waals surface area contributed by atoms with Gasteiger partial charge in [0.1, 0.15) is 10.4 Å². The number of rotatable bonds is 2. The Bertz CT molecular complexity index is 326. The number of aromatic nitrogens is 2. The fourth-order valence-electron chi connectivity index (χ4n) is 0.769. The van der Waals surface area contributed by atoms with E-state index in [1.807, 2.05) is 0 Å². The summed E-state index contributed by atoms with van der Waals surface area (Å²) in [6.07, 6.45) is 0.166. The Balaban J connectivity index is 3.01. The van der Waals surface area contributed by atoms with Gasteiger partial charge in [0.25, 0.3) is 5.56 Å². The van der Waals surface area contributed by atoms with Crippen molar-refractivity contribution in [3.05, 3.63) is 20.5 Å². The first kappa shape index (κ1) is 8.26. The largest absolute Gasteiger partial charge is 0.300 e. The molecule has 5 heteroatoms. The number of aromatic amines is 2. The van der Waals surface area contributed by atoms with Crippen molar-refractivity contribution in [2.24, 2.45) is 0 Å². The quantitative estimate of drug-likeness (QED) is 0.764. The van der Waals surface area contributed by atoms with Crippen LogP contribution in [0.15, 0.2) is 9.40 Å². The molecule has 0 aliphatic carbocycles. The molecule has 0 aromatic carbocycles. The van der Waals surface area contributed by atoms with E-state index in [2.05, 4.69) is 26.1 Å². The first-order valence-electron chi connectivity index (χ1n) is 3.05. The Morgan fingerprint density at radius 3 is 2.55 bits per heavy atom. The standard InChI is InChI=1S/C6H7BrN2O2/c1-3(10)2-4-5(7)8-9-6(4)11/h2H2,1H3,(H2,8,9,11). The summed E-state index contributed by atoms with van der Waals surface area (Å²) in [5, 5.41) is 4.93. The molecule has 0 saturated heterocycles. The maximum Gasteiger partial charge on any atom is 0.268 e. The van der Waals surface area contributed by atoms with Gasteiger partial charge in [-0.1, -0.05) is 0 Å². The third-order valence-electron chi connectivity index (χ3n) is 1.25. The average Bonchev–Trinajstić information content (AvgIpc) is 2.18. The highest BCUT2D eigenvalue weighted by Crippen LogP contribution is 2.08. The zero-order valence-corrected chi connectivity index (χ0v) is 7.49. The first-order chi connectivity index (χ1) is 5.11. The number of ketones is 1. The monoisotopic (exact) mass is 218 g/mol. The Morgan fingerprint density at radius 1 is 1.55 bits per heavy atom. The molecule has 0 amide bonds. The summed E-state index contributed by atoms with van der Waals surface area (Å²) in [5.41, 5.74) is 0.213. The second kappa shape index (κ2) is 3.04. The maximum atomic E-state index is 10.9. The highest BCUT2D eigenvalue weighted by Gasteiger charge is 2.08. The van der Waals surface area contributed by atoms with Gasteiger partial charge in [0, 0.05) is 6.42 Å². The molecule has 0 bridgehead atoms. The molecule has 0 atom stereocenters. The van der Waals surface area contributed by atoms with E-state index in [0.29, 0.717) is 10.2 Å². The van der Waals surface area contributed by atoms with Gasteiger partial charge in [0.15, 0.2) is 0 Å². The molecule has 1 heterocycles. The molecule has 0 spiro atoms. The third-order valence-corrected chi connectivity index (χ3v) is 1.93. The fraction of sp³-hybridized carbons (Fsp3) is 0.333. The highest BCUT2D eigenvalue weighted by molar-refractivity contribution is 9.10. The molecule has 1 rings (SSSR count). The van der Waals surface area contributed by atoms with Gasteiger partial charge in [0.05, 0.1) is 5.56 Å². The molecular weight excluding hydrogens is 212 g/mol. The molecule has 60 valence electrons. The Hall–Kier alpha value is -0.840. The second-order valence-electron chi connectivity index (χ2n) is 2.25. The molecule has 0 fully saturated rings. The molecule has 0 unspecified atom stereocenters. The third kappa shape index (κ3) is 1.80. The van der Waals surface area contributed by atoms with Crippen molar-refractivity contribution in [1.29, 1.82) is 0 Å². The predicted molar refractivity (Wildman–Crippen MR) is 43.5 cm³/mol. The Labute approximate surface area is 71.1 Å². The normalized spacial score (nSPS) is 10.0. The van der Waals surface area contributed by atoms with Crippen LogP contribution in [0.3, 0.4) is 0 Å². The van der Waals surface area contributed by atoms with Crippen LogP contribution in [0, 0.1) is 0 Å². The minimum Gasteiger partial charge on any atom is -0.300 e. The van der Waals surface area contributed by atoms with Crippen molar-refractivity contribution >= 4 is 21.7 Å². The minimum atomic E-state index is -0.243.